The molecule has 0 bridgehead atoms. The van der Waals surface area contributed by atoms with Crippen molar-refractivity contribution < 1.29 is 19.4 Å². The van der Waals surface area contributed by atoms with Gasteiger partial charge >= 0.3 is 0 Å². The first-order valence-corrected chi connectivity index (χ1v) is 10.1. The van der Waals surface area contributed by atoms with Crippen molar-refractivity contribution in [3.8, 4) is 17.0 Å². The maximum atomic E-state index is 12.9. The molecular weight excluding hydrogens is 392 g/mol. The van der Waals surface area contributed by atoms with E-state index >= 15 is 0 Å². The van der Waals surface area contributed by atoms with E-state index < -0.39 is 6.10 Å². The van der Waals surface area contributed by atoms with Gasteiger partial charge in [-0.15, -0.1) is 0 Å². The molecule has 31 heavy (non-hydrogen) atoms. The van der Waals surface area contributed by atoms with Gasteiger partial charge in [0.1, 0.15) is 24.2 Å². The predicted molar refractivity (Wildman–Crippen MR) is 117 cm³/mol. The van der Waals surface area contributed by atoms with Crippen molar-refractivity contribution >= 4 is 22.5 Å². The maximum Gasteiger partial charge on any atom is 0.194 e. The number of hydrogen-bond donors (Lipinski definition) is 1. The second-order valence-corrected chi connectivity index (χ2v) is 7.65. The van der Waals surface area contributed by atoms with E-state index in [-0.39, 0.29) is 24.7 Å². The molecule has 1 aliphatic rings. The summed E-state index contributed by atoms with van der Waals surface area (Å²) < 4.78 is 7.41. The fourth-order valence-electron chi connectivity index (χ4n) is 4.03. The van der Waals surface area contributed by atoms with Crippen LogP contribution in [0.4, 0.5) is 0 Å². The zero-order valence-corrected chi connectivity index (χ0v) is 16.9. The second kappa shape index (κ2) is 7.49. The van der Waals surface area contributed by atoms with Crippen LogP contribution in [0.15, 0.2) is 66.7 Å². The summed E-state index contributed by atoms with van der Waals surface area (Å²) in [6, 6.07) is 19.9. The molecule has 1 atom stereocenters. The lowest BCUT2D eigenvalue weighted by atomic mass is 9.87. The standard InChI is InChI=1S/C25H20N2O4/c1-15(28)16-6-4-7-18(12-16)31-14-17(29)13-27-22-11-5-10-21-23(22)24(26-27)19-8-2-3-9-20(19)25(21)30/h2-12,17,29H,13-14H2,1H3/t17-/m0/s1. The van der Waals surface area contributed by atoms with Crippen LogP contribution in [0, 0.1) is 0 Å². The lowest BCUT2D eigenvalue weighted by Gasteiger charge is -2.14. The Labute approximate surface area is 178 Å². The molecule has 1 heterocycles. The third kappa shape index (κ3) is 3.31. The predicted octanol–water partition coefficient (Wildman–Crippen LogP) is 3.89. The molecule has 0 spiro atoms. The average Bonchev–Trinajstić information content (AvgIpc) is 3.15. The van der Waals surface area contributed by atoms with E-state index in [0.29, 0.717) is 22.4 Å². The van der Waals surface area contributed by atoms with Crippen LogP contribution in [0.3, 0.4) is 0 Å². The number of carbonyl (C=O) groups excluding carboxylic acids is 2. The van der Waals surface area contributed by atoms with Crippen molar-refractivity contribution in [2.24, 2.45) is 0 Å². The molecular formula is C25H20N2O4. The Balaban J connectivity index is 1.42. The molecule has 4 aromatic rings. The molecule has 0 saturated carbocycles. The Kier molecular flexibility index (Phi) is 4.64. The van der Waals surface area contributed by atoms with Crippen LogP contribution in [0.2, 0.25) is 0 Å². The van der Waals surface area contributed by atoms with Crippen LogP contribution < -0.4 is 4.74 Å². The number of carbonyl (C=O) groups is 2. The average molecular weight is 412 g/mol. The highest BCUT2D eigenvalue weighted by Crippen LogP contribution is 2.38. The van der Waals surface area contributed by atoms with Gasteiger partial charge in [0.05, 0.1) is 12.1 Å². The maximum absolute atomic E-state index is 12.9. The molecule has 0 fully saturated rings. The highest BCUT2D eigenvalue weighted by molar-refractivity contribution is 6.25. The zero-order chi connectivity index (χ0) is 21.5. The highest BCUT2D eigenvalue weighted by atomic mass is 16.5. The number of aliphatic hydroxyl groups excluding tert-OH is 1. The number of nitrogens with zero attached hydrogens (tertiary/aromatic N) is 2. The summed E-state index contributed by atoms with van der Waals surface area (Å²) in [6.45, 7) is 1.76. The zero-order valence-electron chi connectivity index (χ0n) is 16.9. The molecule has 0 saturated heterocycles. The third-order valence-corrected chi connectivity index (χ3v) is 5.52. The first-order chi connectivity index (χ1) is 15.0. The highest BCUT2D eigenvalue weighted by Gasteiger charge is 2.28. The molecule has 0 aliphatic heterocycles. The second-order valence-electron chi connectivity index (χ2n) is 7.65. The van der Waals surface area contributed by atoms with E-state index in [1.165, 1.54) is 6.92 Å². The van der Waals surface area contributed by atoms with E-state index in [0.717, 1.165) is 22.2 Å². The SMILES string of the molecule is CC(=O)c1cccc(OC[C@@H](O)Cn2nc3c4c(cccc42)C(=O)c2ccccc2-3)c1. The summed E-state index contributed by atoms with van der Waals surface area (Å²) in [5.74, 6) is 0.470. The largest absolute Gasteiger partial charge is 0.491 e. The van der Waals surface area contributed by atoms with Crippen molar-refractivity contribution in [2.45, 2.75) is 19.6 Å². The van der Waals surface area contributed by atoms with Crippen molar-refractivity contribution in [1.29, 1.82) is 0 Å². The number of ketones is 2. The molecule has 1 aliphatic carbocycles. The van der Waals surface area contributed by atoms with Crippen LogP contribution >= 0.6 is 0 Å². The van der Waals surface area contributed by atoms with Gasteiger partial charge in [-0.2, -0.15) is 5.10 Å². The minimum atomic E-state index is -0.827. The first kappa shape index (κ1) is 19.2. The third-order valence-electron chi connectivity index (χ3n) is 5.52. The molecule has 1 N–H and O–H groups in total. The Morgan fingerprint density at radius 1 is 1.03 bits per heavy atom. The molecule has 5 rings (SSSR count). The number of Topliss-reactive ketones (excluding diaryl/α,β-unsaturated/α-hetero) is 1. The van der Waals surface area contributed by atoms with E-state index in [9.17, 15) is 14.7 Å². The molecule has 6 nitrogen and oxygen atoms in total. The number of ether oxygens (including phenoxy) is 1. The topological polar surface area (TPSA) is 81.4 Å². The summed E-state index contributed by atoms with van der Waals surface area (Å²) in [4.78, 5) is 24.5. The van der Waals surface area contributed by atoms with Gasteiger partial charge in [-0.25, -0.2) is 0 Å². The van der Waals surface area contributed by atoms with Gasteiger partial charge in [0.15, 0.2) is 11.6 Å². The normalized spacial score (nSPS) is 13.2. The summed E-state index contributed by atoms with van der Waals surface area (Å²) in [5.41, 5.74) is 4.19. The summed E-state index contributed by atoms with van der Waals surface area (Å²) in [6.07, 6.45) is -0.827. The van der Waals surface area contributed by atoms with Gasteiger partial charge < -0.3 is 9.84 Å². The monoisotopic (exact) mass is 412 g/mol. The van der Waals surface area contributed by atoms with Crippen LogP contribution in [0.1, 0.15) is 33.2 Å². The van der Waals surface area contributed by atoms with Gasteiger partial charge in [0, 0.05) is 27.6 Å². The number of fused-ring (bicyclic) bond motifs is 2. The first-order valence-electron chi connectivity index (χ1n) is 10.1. The van der Waals surface area contributed by atoms with Crippen LogP contribution in [0.25, 0.3) is 22.2 Å². The van der Waals surface area contributed by atoms with Crippen molar-refractivity contribution in [1.82, 2.24) is 9.78 Å². The number of benzene rings is 3. The summed E-state index contributed by atoms with van der Waals surface area (Å²) in [5, 5.41) is 16.1. The van der Waals surface area contributed by atoms with Crippen molar-refractivity contribution in [3.63, 3.8) is 0 Å². The molecule has 154 valence electrons. The van der Waals surface area contributed by atoms with Gasteiger partial charge in [0.2, 0.25) is 0 Å². The van der Waals surface area contributed by atoms with Crippen LogP contribution in [-0.2, 0) is 6.54 Å². The van der Waals surface area contributed by atoms with Crippen LogP contribution in [-0.4, -0.2) is 39.2 Å². The van der Waals surface area contributed by atoms with Gasteiger partial charge in [-0.05, 0) is 25.1 Å². The number of aliphatic hydroxyl groups is 1. The Hall–Kier alpha value is -3.77. The van der Waals surface area contributed by atoms with E-state index in [4.69, 9.17) is 9.84 Å². The molecule has 3 aromatic carbocycles. The number of aromatic nitrogens is 2. The van der Waals surface area contributed by atoms with Crippen molar-refractivity contribution in [3.05, 3.63) is 83.4 Å². The van der Waals surface area contributed by atoms with Gasteiger partial charge in [-0.3, -0.25) is 14.3 Å². The molecule has 0 unspecified atom stereocenters. The lowest BCUT2D eigenvalue weighted by Crippen LogP contribution is -2.24. The smallest absolute Gasteiger partial charge is 0.194 e. The van der Waals surface area contributed by atoms with E-state index in [2.05, 4.69) is 0 Å². The summed E-state index contributed by atoms with van der Waals surface area (Å²) >= 11 is 0. The van der Waals surface area contributed by atoms with E-state index in [1.54, 1.807) is 28.9 Å². The van der Waals surface area contributed by atoms with Gasteiger partial charge in [-0.1, -0.05) is 48.5 Å². The molecule has 6 heteroatoms. The van der Waals surface area contributed by atoms with Crippen molar-refractivity contribution in [2.75, 3.05) is 6.61 Å². The van der Waals surface area contributed by atoms with E-state index in [1.807, 2.05) is 42.5 Å². The Bertz CT molecular complexity index is 1340. The molecule has 1 aromatic heterocycles. The minimum absolute atomic E-state index is 0.0116. The van der Waals surface area contributed by atoms with Gasteiger partial charge in [0.25, 0.3) is 0 Å². The van der Waals surface area contributed by atoms with Crippen LogP contribution in [0.5, 0.6) is 5.75 Å². The Morgan fingerprint density at radius 3 is 2.58 bits per heavy atom. The fourth-order valence-corrected chi connectivity index (χ4v) is 4.03. The summed E-state index contributed by atoms with van der Waals surface area (Å²) in [7, 11) is 0. The Morgan fingerprint density at radius 2 is 1.77 bits per heavy atom. The lowest BCUT2D eigenvalue weighted by molar-refractivity contribution is 0.0904. The number of rotatable bonds is 6. The number of hydrogen-bond acceptors (Lipinski definition) is 5. The fraction of sp³-hybridized carbons (Fsp3) is 0.160. The molecule has 0 amide bonds. The quantitative estimate of drug-likeness (QED) is 0.428. The molecule has 0 radical (unpaired) electrons. The minimum Gasteiger partial charge on any atom is -0.491 e.